The Kier molecular flexibility index (Phi) is 4.16. The van der Waals surface area contributed by atoms with Crippen LogP contribution in [0.3, 0.4) is 0 Å². The molecule has 4 fully saturated rings. The Bertz CT molecular complexity index is 647. The molecule has 0 atom stereocenters. The third kappa shape index (κ3) is 2.88. The van der Waals surface area contributed by atoms with Gasteiger partial charge in [0, 0.05) is 21.7 Å². The van der Waals surface area contributed by atoms with Gasteiger partial charge in [0.1, 0.15) is 0 Å². The predicted octanol–water partition coefficient (Wildman–Crippen LogP) is 5.05. The Hall–Kier alpha value is -1.35. The van der Waals surface area contributed by atoms with Gasteiger partial charge < -0.3 is 0 Å². The Morgan fingerprint density at radius 3 is 2.38 bits per heavy atom. The number of nitrogens with one attached hydrogen (secondary N) is 1. The fourth-order valence-electron chi connectivity index (χ4n) is 5.85. The molecule has 0 unspecified atom stereocenters. The maximum Gasteiger partial charge on any atom is 0.271 e. The molecule has 4 heteroatoms. The lowest BCUT2D eigenvalue weighted by Crippen LogP contribution is -2.50. The molecule has 128 valence electrons. The van der Waals surface area contributed by atoms with Crippen molar-refractivity contribution in [3.8, 4) is 0 Å². The molecule has 0 aliphatic heterocycles. The third-order valence-electron chi connectivity index (χ3n) is 6.36. The molecular formula is C20H25ClN2O. The maximum atomic E-state index is 12.4. The molecule has 4 aliphatic carbocycles. The van der Waals surface area contributed by atoms with Gasteiger partial charge in [0.15, 0.2) is 0 Å². The Morgan fingerprint density at radius 1 is 1.21 bits per heavy atom. The van der Waals surface area contributed by atoms with E-state index in [0.717, 1.165) is 24.2 Å². The van der Waals surface area contributed by atoms with Gasteiger partial charge in [0.2, 0.25) is 0 Å². The molecule has 5 rings (SSSR count). The number of carbonyl (C=O) groups is 1. The molecule has 4 saturated carbocycles. The summed E-state index contributed by atoms with van der Waals surface area (Å²) in [5.41, 5.74) is 4.82. The summed E-state index contributed by atoms with van der Waals surface area (Å²) < 4.78 is 0. The summed E-state index contributed by atoms with van der Waals surface area (Å²) in [4.78, 5) is 12.4. The molecule has 0 aromatic heterocycles. The number of hydrazone groups is 1. The molecule has 1 amide bonds. The van der Waals surface area contributed by atoms with Crippen LogP contribution >= 0.6 is 11.6 Å². The van der Waals surface area contributed by atoms with Crippen LogP contribution in [0.5, 0.6) is 0 Å². The fraction of sp³-hybridized carbons (Fsp3) is 0.600. The van der Waals surface area contributed by atoms with E-state index >= 15 is 0 Å². The molecule has 24 heavy (non-hydrogen) atoms. The van der Waals surface area contributed by atoms with Crippen LogP contribution in [0.15, 0.2) is 29.4 Å². The highest BCUT2D eigenvalue weighted by atomic mass is 35.5. The van der Waals surface area contributed by atoms with Crippen molar-refractivity contribution in [1.82, 2.24) is 5.43 Å². The van der Waals surface area contributed by atoms with Gasteiger partial charge in [-0.15, -0.1) is 0 Å². The van der Waals surface area contributed by atoms with Crippen molar-refractivity contribution < 1.29 is 4.79 Å². The van der Waals surface area contributed by atoms with E-state index in [-0.39, 0.29) is 11.3 Å². The molecule has 0 spiro atoms. The van der Waals surface area contributed by atoms with E-state index in [9.17, 15) is 4.79 Å². The molecule has 1 aromatic carbocycles. The molecule has 3 nitrogen and oxygen atoms in total. The van der Waals surface area contributed by atoms with Crippen LogP contribution in [0.2, 0.25) is 5.02 Å². The zero-order valence-corrected chi connectivity index (χ0v) is 15.0. The quantitative estimate of drug-likeness (QED) is 0.602. The first-order valence-corrected chi connectivity index (χ1v) is 9.59. The lowest BCUT2D eigenvalue weighted by atomic mass is 9.48. The van der Waals surface area contributed by atoms with Gasteiger partial charge >= 0.3 is 0 Å². The zero-order chi connectivity index (χ0) is 16.7. The standard InChI is InChI=1S/C20H25ClN2O/c1-2-18(22-23-19(24)16-4-3-5-17(21)9-16)20-10-13-6-14(11-20)8-15(7-13)12-20/h3-5,9,13-15H,2,6-8,10-12H2,1H3,(H,23,24)/b22-18-. The lowest BCUT2D eigenvalue weighted by molar-refractivity contribution is -0.0134. The van der Waals surface area contributed by atoms with Crippen molar-refractivity contribution in [3.63, 3.8) is 0 Å². The predicted molar refractivity (Wildman–Crippen MR) is 97.2 cm³/mol. The molecule has 1 aromatic rings. The van der Waals surface area contributed by atoms with E-state index in [2.05, 4.69) is 17.5 Å². The summed E-state index contributed by atoms with van der Waals surface area (Å²) in [5.74, 6) is 2.48. The normalized spacial score (nSPS) is 34.4. The van der Waals surface area contributed by atoms with E-state index in [1.807, 2.05) is 0 Å². The van der Waals surface area contributed by atoms with Crippen LogP contribution in [0.1, 0.15) is 62.2 Å². The Balaban J connectivity index is 1.53. The van der Waals surface area contributed by atoms with E-state index in [1.54, 1.807) is 24.3 Å². The summed E-state index contributed by atoms with van der Waals surface area (Å²) in [5, 5.41) is 5.18. The van der Waals surface area contributed by atoms with Crippen LogP contribution in [0, 0.1) is 23.2 Å². The van der Waals surface area contributed by atoms with Crippen LogP contribution in [0.4, 0.5) is 0 Å². The van der Waals surface area contributed by atoms with Crippen LogP contribution in [-0.4, -0.2) is 11.6 Å². The highest BCUT2D eigenvalue weighted by Crippen LogP contribution is 2.60. The van der Waals surface area contributed by atoms with Crippen molar-refractivity contribution in [2.45, 2.75) is 51.9 Å². The average Bonchev–Trinajstić information content (AvgIpc) is 2.53. The molecule has 0 radical (unpaired) electrons. The Labute approximate surface area is 148 Å². The number of hydrogen-bond acceptors (Lipinski definition) is 2. The number of benzene rings is 1. The minimum atomic E-state index is -0.173. The van der Waals surface area contributed by atoms with E-state index in [1.165, 1.54) is 44.2 Å². The minimum absolute atomic E-state index is 0.173. The van der Waals surface area contributed by atoms with E-state index in [0.29, 0.717) is 10.6 Å². The average molecular weight is 345 g/mol. The van der Waals surface area contributed by atoms with E-state index < -0.39 is 0 Å². The monoisotopic (exact) mass is 344 g/mol. The number of amides is 1. The van der Waals surface area contributed by atoms with Gasteiger partial charge in [-0.2, -0.15) is 5.10 Å². The van der Waals surface area contributed by atoms with Crippen LogP contribution < -0.4 is 5.43 Å². The van der Waals surface area contributed by atoms with E-state index in [4.69, 9.17) is 11.6 Å². The summed E-state index contributed by atoms with van der Waals surface area (Å²) in [6.07, 6.45) is 9.01. The smallest absolute Gasteiger partial charge is 0.267 e. The van der Waals surface area contributed by atoms with Crippen molar-refractivity contribution in [2.75, 3.05) is 0 Å². The number of nitrogens with zero attached hydrogens (tertiary/aromatic N) is 1. The number of halogens is 1. The second-order valence-electron chi connectivity index (χ2n) is 8.06. The van der Waals surface area contributed by atoms with Crippen LogP contribution in [0.25, 0.3) is 0 Å². The Morgan fingerprint density at radius 2 is 1.83 bits per heavy atom. The second-order valence-corrected chi connectivity index (χ2v) is 8.50. The number of carbonyl (C=O) groups excluding carboxylic acids is 1. The fourth-order valence-corrected chi connectivity index (χ4v) is 6.04. The zero-order valence-electron chi connectivity index (χ0n) is 14.2. The minimum Gasteiger partial charge on any atom is -0.267 e. The van der Waals surface area contributed by atoms with Gasteiger partial charge in [-0.05, 0) is 80.9 Å². The third-order valence-corrected chi connectivity index (χ3v) is 6.60. The first kappa shape index (κ1) is 16.1. The number of hydrogen-bond donors (Lipinski definition) is 1. The summed E-state index contributed by atoms with van der Waals surface area (Å²) >= 11 is 5.97. The number of rotatable bonds is 4. The van der Waals surface area contributed by atoms with Crippen LogP contribution in [-0.2, 0) is 0 Å². The van der Waals surface area contributed by atoms with Crippen molar-refractivity contribution in [3.05, 3.63) is 34.9 Å². The second kappa shape index (κ2) is 6.18. The van der Waals surface area contributed by atoms with Gasteiger partial charge in [0.25, 0.3) is 5.91 Å². The largest absolute Gasteiger partial charge is 0.271 e. The molecule has 0 saturated heterocycles. The molecule has 0 heterocycles. The molecule has 4 aliphatic rings. The SMILES string of the molecule is CC/C(=N/NC(=O)c1cccc(Cl)c1)C12CC3CC(CC(C3)C1)C2. The van der Waals surface area contributed by atoms with Gasteiger partial charge in [-0.25, -0.2) is 5.43 Å². The summed E-state index contributed by atoms with van der Waals surface area (Å²) in [6.45, 7) is 2.17. The maximum absolute atomic E-state index is 12.4. The summed E-state index contributed by atoms with van der Waals surface area (Å²) in [7, 11) is 0. The highest BCUT2D eigenvalue weighted by molar-refractivity contribution is 6.30. The molecule has 1 N–H and O–H groups in total. The summed E-state index contributed by atoms with van der Waals surface area (Å²) in [6, 6.07) is 7.02. The van der Waals surface area contributed by atoms with Gasteiger partial charge in [0.05, 0.1) is 0 Å². The first-order chi connectivity index (χ1) is 11.6. The van der Waals surface area contributed by atoms with Gasteiger partial charge in [-0.3, -0.25) is 4.79 Å². The molecule has 4 bridgehead atoms. The van der Waals surface area contributed by atoms with Crippen molar-refractivity contribution in [1.29, 1.82) is 0 Å². The highest BCUT2D eigenvalue weighted by Gasteiger charge is 2.52. The first-order valence-electron chi connectivity index (χ1n) is 9.21. The van der Waals surface area contributed by atoms with Gasteiger partial charge in [-0.1, -0.05) is 24.6 Å². The van der Waals surface area contributed by atoms with Crippen molar-refractivity contribution >= 4 is 23.2 Å². The van der Waals surface area contributed by atoms with Crippen molar-refractivity contribution in [2.24, 2.45) is 28.3 Å². The molecular weight excluding hydrogens is 320 g/mol. The lowest BCUT2D eigenvalue weighted by Gasteiger charge is -2.57. The topological polar surface area (TPSA) is 41.5 Å².